The van der Waals surface area contributed by atoms with E-state index in [1.54, 1.807) is 17.0 Å². The highest BCUT2D eigenvalue weighted by molar-refractivity contribution is 5.98. The van der Waals surface area contributed by atoms with E-state index in [1.807, 2.05) is 12.1 Å². The Bertz CT molecular complexity index is 556. The monoisotopic (exact) mass is 276 g/mol. The molecule has 0 aromatic heterocycles. The van der Waals surface area contributed by atoms with Gasteiger partial charge < -0.3 is 15.3 Å². The molecule has 0 saturated heterocycles. The molecule has 6 nitrogen and oxygen atoms in total. The summed E-state index contributed by atoms with van der Waals surface area (Å²) in [6.45, 7) is 1.60. The summed E-state index contributed by atoms with van der Waals surface area (Å²) < 4.78 is 0. The van der Waals surface area contributed by atoms with E-state index in [1.165, 1.54) is 6.92 Å². The molecule has 20 heavy (non-hydrogen) atoms. The van der Waals surface area contributed by atoms with Crippen LogP contribution in [0.5, 0.6) is 0 Å². The standard InChI is InChI=1S/C14H16N2O4/c1-9(17)15-7-13(18)16-8-10(6-14(19)20)11-4-2-3-5-12(11)16/h2-5,10H,6-8H2,1H3,(H,15,17)(H,19,20). The van der Waals surface area contributed by atoms with Gasteiger partial charge in [-0.1, -0.05) is 18.2 Å². The Morgan fingerprint density at radius 3 is 2.70 bits per heavy atom. The summed E-state index contributed by atoms with van der Waals surface area (Å²) in [7, 11) is 0. The number of carboxylic acid groups (broad SMARTS) is 1. The molecule has 1 unspecified atom stereocenters. The fourth-order valence-corrected chi connectivity index (χ4v) is 2.41. The average Bonchev–Trinajstić information content (AvgIpc) is 2.74. The lowest BCUT2D eigenvalue weighted by molar-refractivity contribution is -0.137. The van der Waals surface area contributed by atoms with Gasteiger partial charge in [0.25, 0.3) is 0 Å². The van der Waals surface area contributed by atoms with Gasteiger partial charge >= 0.3 is 5.97 Å². The van der Waals surface area contributed by atoms with Crippen molar-refractivity contribution in [3.05, 3.63) is 29.8 Å². The van der Waals surface area contributed by atoms with Crippen molar-refractivity contribution in [1.82, 2.24) is 5.32 Å². The second-order valence-electron chi connectivity index (χ2n) is 4.77. The van der Waals surface area contributed by atoms with Gasteiger partial charge in [0.1, 0.15) is 0 Å². The number of carboxylic acids is 1. The molecule has 1 heterocycles. The lowest BCUT2D eigenvalue weighted by atomic mass is 9.98. The minimum Gasteiger partial charge on any atom is -0.481 e. The first-order chi connectivity index (χ1) is 9.49. The topological polar surface area (TPSA) is 86.7 Å². The maximum atomic E-state index is 12.1. The second-order valence-corrected chi connectivity index (χ2v) is 4.77. The molecule has 0 spiro atoms. The summed E-state index contributed by atoms with van der Waals surface area (Å²) in [6, 6.07) is 7.27. The Balaban J connectivity index is 2.18. The number of para-hydroxylation sites is 1. The van der Waals surface area contributed by atoms with E-state index in [-0.39, 0.29) is 30.7 Å². The third-order valence-corrected chi connectivity index (χ3v) is 3.28. The van der Waals surface area contributed by atoms with Gasteiger partial charge in [-0.05, 0) is 11.6 Å². The molecule has 1 aromatic rings. The Morgan fingerprint density at radius 1 is 1.35 bits per heavy atom. The smallest absolute Gasteiger partial charge is 0.304 e. The number of rotatable bonds is 4. The van der Waals surface area contributed by atoms with Crippen molar-refractivity contribution in [3.63, 3.8) is 0 Å². The van der Waals surface area contributed by atoms with E-state index in [9.17, 15) is 14.4 Å². The fourth-order valence-electron chi connectivity index (χ4n) is 2.41. The van der Waals surface area contributed by atoms with Gasteiger partial charge in [-0.15, -0.1) is 0 Å². The number of anilines is 1. The predicted molar refractivity (Wildman–Crippen MR) is 72.5 cm³/mol. The molecule has 1 aliphatic rings. The normalized spacial score (nSPS) is 16.6. The van der Waals surface area contributed by atoms with Crippen LogP contribution in [0.3, 0.4) is 0 Å². The number of fused-ring (bicyclic) bond motifs is 1. The number of benzene rings is 1. The molecule has 2 rings (SSSR count). The number of carbonyl (C=O) groups excluding carboxylic acids is 2. The molecule has 1 aromatic carbocycles. The Hall–Kier alpha value is -2.37. The first-order valence-corrected chi connectivity index (χ1v) is 6.34. The van der Waals surface area contributed by atoms with Crippen LogP contribution in [0.15, 0.2) is 24.3 Å². The van der Waals surface area contributed by atoms with Gasteiger partial charge in [-0.2, -0.15) is 0 Å². The molecule has 0 radical (unpaired) electrons. The maximum Gasteiger partial charge on any atom is 0.304 e. The van der Waals surface area contributed by atoms with Crippen LogP contribution >= 0.6 is 0 Å². The quantitative estimate of drug-likeness (QED) is 0.848. The van der Waals surface area contributed by atoms with E-state index in [0.29, 0.717) is 6.54 Å². The highest BCUT2D eigenvalue weighted by Crippen LogP contribution is 2.37. The minimum absolute atomic E-state index is 0.0130. The number of hydrogen-bond donors (Lipinski definition) is 2. The van der Waals surface area contributed by atoms with Crippen molar-refractivity contribution < 1.29 is 19.5 Å². The third kappa shape index (κ3) is 2.96. The van der Waals surface area contributed by atoms with Crippen LogP contribution in [-0.2, 0) is 14.4 Å². The van der Waals surface area contributed by atoms with Crippen LogP contribution in [0.4, 0.5) is 5.69 Å². The SMILES string of the molecule is CC(=O)NCC(=O)N1CC(CC(=O)O)c2ccccc21. The van der Waals surface area contributed by atoms with Crippen molar-refractivity contribution in [2.75, 3.05) is 18.0 Å². The van der Waals surface area contributed by atoms with E-state index >= 15 is 0 Å². The van der Waals surface area contributed by atoms with Gasteiger partial charge in [0.05, 0.1) is 13.0 Å². The zero-order chi connectivity index (χ0) is 14.7. The van der Waals surface area contributed by atoms with Crippen LogP contribution in [0.25, 0.3) is 0 Å². The minimum atomic E-state index is -0.888. The van der Waals surface area contributed by atoms with Gasteiger partial charge in [-0.3, -0.25) is 14.4 Å². The van der Waals surface area contributed by atoms with Gasteiger partial charge in [0.2, 0.25) is 11.8 Å². The number of nitrogens with one attached hydrogen (secondary N) is 1. The summed E-state index contributed by atoms with van der Waals surface area (Å²) in [6.07, 6.45) is -0.0130. The molecule has 2 amide bonds. The zero-order valence-corrected chi connectivity index (χ0v) is 11.1. The Kier molecular flexibility index (Phi) is 4.02. The Labute approximate surface area is 116 Å². The molecular weight excluding hydrogens is 260 g/mol. The van der Waals surface area contributed by atoms with Crippen LogP contribution < -0.4 is 10.2 Å². The van der Waals surface area contributed by atoms with E-state index in [4.69, 9.17) is 5.11 Å². The number of carbonyl (C=O) groups is 3. The lowest BCUT2D eigenvalue weighted by Crippen LogP contribution is -2.39. The molecule has 0 saturated carbocycles. The molecule has 6 heteroatoms. The van der Waals surface area contributed by atoms with Crippen molar-refractivity contribution in [3.8, 4) is 0 Å². The van der Waals surface area contributed by atoms with Crippen molar-refractivity contribution in [1.29, 1.82) is 0 Å². The summed E-state index contributed by atoms with van der Waals surface area (Å²) >= 11 is 0. The van der Waals surface area contributed by atoms with Crippen LogP contribution in [0, 0.1) is 0 Å². The fraction of sp³-hybridized carbons (Fsp3) is 0.357. The lowest BCUT2D eigenvalue weighted by Gasteiger charge is -2.17. The highest BCUT2D eigenvalue weighted by atomic mass is 16.4. The first-order valence-electron chi connectivity index (χ1n) is 6.34. The first kappa shape index (κ1) is 14.0. The van der Waals surface area contributed by atoms with Gasteiger partial charge in [0.15, 0.2) is 0 Å². The number of hydrogen-bond acceptors (Lipinski definition) is 3. The van der Waals surface area contributed by atoms with E-state index in [0.717, 1.165) is 11.3 Å². The van der Waals surface area contributed by atoms with Gasteiger partial charge in [0, 0.05) is 25.1 Å². The summed E-state index contributed by atoms with van der Waals surface area (Å²) in [5, 5.41) is 11.4. The molecule has 0 fully saturated rings. The van der Waals surface area contributed by atoms with E-state index in [2.05, 4.69) is 5.32 Å². The second kappa shape index (κ2) is 5.73. The van der Waals surface area contributed by atoms with Crippen LogP contribution in [0.1, 0.15) is 24.8 Å². The number of nitrogens with zero attached hydrogens (tertiary/aromatic N) is 1. The van der Waals surface area contributed by atoms with Crippen LogP contribution in [0.2, 0.25) is 0 Å². The number of amides is 2. The van der Waals surface area contributed by atoms with Crippen molar-refractivity contribution in [2.45, 2.75) is 19.3 Å². The van der Waals surface area contributed by atoms with Crippen molar-refractivity contribution >= 4 is 23.5 Å². The number of aliphatic carboxylic acids is 1. The highest BCUT2D eigenvalue weighted by Gasteiger charge is 2.32. The average molecular weight is 276 g/mol. The van der Waals surface area contributed by atoms with Crippen LogP contribution in [-0.4, -0.2) is 36.0 Å². The molecular formula is C14H16N2O4. The van der Waals surface area contributed by atoms with Crippen molar-refractivity contribution in [2.24, 2.45) is 0 Å². The zero-order valence-electron chi connectivity index (χ0n) is 11.1. The molecule has 106 valence electrons. The molecule has 2 N–H and O–H groups in total. The van der Waals surface area contributed by atoms with Gasteiger partial charge in [-0.25, -0.2) is 0 Å². The van der Waals surface area contributed by atoms with E-state index < -0.39 is 5.97 Å². The largest absolute Gasteiger partial charge is 0.481 e. The predicted octanol–water partition coefficient (Wildman–Crippen LogP) is 0.728. The molecule has 1 aliphatic heterocycles. The molecule has 0 bridgehead atoms. The Morgan fingerprint density at radius 2 is 2.05 bits per heavy atom. The molecule has 1 atom stereocenters. The third-order valence-electron chi connectivity index (χ3n) is 3.28. The molecule has 0 aliphatic carbocycles. The maximum absolute atomic E-state index is 12.1. The summed E-state index contributed by atoms with van der Waals surface area (Å²) in [5.41, 5.74) is 1.60. The summed E-state index contributed by atoms with van der Waals surface area (Å²) in [5.74, 6) is -1.60. The summed E-state index contributed by atoms with van der Waals surface area (Å²) in [4.78, 5) is 35.4.